The molecule has 6 heteroatoms. The molecule has 0 bridgehead atoms. The number of hydrogen-bond donors (Lipinski definition) is 0. The van der Waals surface area contributed by atoms with E-state index in [2.05, 4.69) is 46.4 Å². The first kappa shape index (κ1) is 39.4. The first-order valence-electron chi connectivity index (χ1n) is 2.23. The molecule has 0 spiro atoms. The third-order valence-electron chi connectivity index (χ3n) is 0. The minimum absolute atomic E-state index is 0. The van der Waals surface area contributed by atoms with Gasteiger partial charge in [0, 0.05) is 0 Å². The molecular weight excluding hydrogens is 394 g/mol. The average molecular weight is 404 g/mol. The van der Waals surface area contributed by atoms with Crippen LogP contribution in [0.1, 0.15) is 13.8 Å². The summed E-state index contributed by atoms with van der Waals surface area (Å²) in [5.41, 5.74) is 0. The van der Waals surface area contributed by atoms with E-state index in [1.54, 1.807) is 0 Å². The van der Waals surface area contributed by atoms with Gasteiger partial charge < -0.3 is 57.4 Å². The van der Waals surface area contributed by atoms with Gasteiger partial charge in [-0.25, -0.2) is 0 Å². The standard InChI is InChI=1S/2C2H5.2Al.2FH.2HI/c2*1-2;;;;;;/h2*1H2,2H3;;;4*1H/q;;2*+2;;;;/p-4. The predicted molar refractivity (Wildman–Crippen MR) is 32.5 cm³/mol. The largest absolute Gasteiger partial charge is 1.00 e. The van der Waals surface area contributed by atoms with Crippen LogP contribution in [-0.2, 0) is 0 Å². The molecule has 0 N–H and O–H groups in total. The van der Waals surface area contributed by atoms with Crippen molar-refractivity contribution in [3.63, 3.8) is 0 Å². The van der Waals surface area contributed by atoms with E-state index in [1.165, 1.54) is 10.6 Å². The molecule has 0 aliphatic rings. The first-order chi connectivity index (χ1) is 2.83. The van der Waals surface area contributed by atoms with Crippen LogP contribution in [-0.4, -0.2) is 32.6 Å². The zero-order valence-electron chi connectivity index (χ0n) is 6.08. The molecule has 0 aromatic heterocycles. The number of halogens is 4. The molecule has 0 heterocycles. The van der Waals surface area contributed by atoms with E-state index >= 15 is 0 Å². The third-order valence-corrected chi connectivity index (χ3v) is 0. The molecule has 10 heavy (non-hydrogen) atoms. The zero-order chi connectivity index (χ0) is 5.41. The van der Waals surface area contributed by atoms with Gasteiger partial charge in [-0.15, -0.1) is 0 Å². The molecule has 0 aromatic carbocycles. The molecule has 0 aromatic rings. The van der Waals surface area contributed by atoms with Gasteiger partial charge in [0.2, 0.25) is 0 Å². The maximum absolute atomic E-state index is 2.58. The van der Waals surface area contributed by atoms with Gasteiger partial charge >= 0.3 is 57.0 Å². The Bertz CT molecular complexity index is 21.2. The Balaban J connectivity index is -0.00000000571. The molecule has 0 saturated heterocycles. The summed E-state index contributed by atoms with van der Waals surface area (Å²) in [6, 6.07) is 0. The fraction of sp³-hybridized carbons (Fsp3) is 1.00. The second-order valence-corrected chi connectivity index (χ2v) is 2.45. The molecule has 0 radical (unpaired) electrons. The second-order valence-electron chi connectivity index (χ2n) is 0.816. The Labute approximate surface area is 113 Å². The molecule has 60 valence electrons. The number of rotatable bonds is 0. The van der Waals surface area contributed by atoms with Gasteiger partial charge in [0.25, 0.3) is 0 Å². The van der Waals surface area contributed by atoms with E-state index in [4.69, 9.17) is 0 Å². The van der Waals surface area contributed by atoms with Gasteiger partial charge in [-0.3, -0.25) is 0 Å². The molecule has 0 saturated carbocycles. The Morgan fingerprint density at radius 3 is 0.800 bits per heavy atom. The van der Waals surface area contributed by atoms with E-state index < -0.39 is 0 Å². The monoisotopic (exact) mass is 404 g/mol. The van der Waals surface area contributed by atoms with Crippen molar-refractivity contribution in [1.82, 2.24) is 0 Å². The van der Waals surface area contributed by atoms with Gasteiger partial charge in [0.05, 0.1) is 0 Å². The van der Waals surface area contributed by atoms with Crippen molar-refractivity contribution in [3.05, 3.63) is 0 Å². The van der Waals surface area contributed by atoms with Gasteiger partial charge in [-0.2, -0.15) is 0 Å². The Morgan fingerprint density at radius 1 is 0.800 bits per heavy atom. The average Bonchev–Trinajstić information content (AvgIpc) is 1.39. The minimum atomic E-state index is 0. The van der Waals surface area contributed by atoms with Crippen LogP contribution in [0, 0.1) is 0 Å². The summed E-state index contributed by atoms with van der Waals surface area (Å²) in [5.74, 6) is 0. The van der Waals surface area contributed by atoms with E-state index in [0.717, 1.165) is 0 Å². The smallest absolute Gasteiger partial charge is 1.00 e. The van der Waals surface area contributed by atoms with E-state index in [9.17, 15) is 0 Å². The summed E-state index contributed by atoms with van der Waals surface area (Å²) in [4.78, 5) is 0. The van der Waals surface area contributed by atoms with Crippen molar-refractivity contribution < 1.29 is 57.4 Å². The Kier molecular flexibility index (Phi) is 251. The van der Waals surface area contributed by atoms with Crippen LogP contribution in [0.3, 0.4) is 0 Å². The van der Waals surface area contributed by atoms with Gasteiger partial charge in [-0.05, 0) is 0 Å². The van der Waals surface area contributed by atoms with Crippen LogP contribution in [0.15, 0.2) is 0 Å². The predicted octanol–water partition coefficient (Wildman–Crippen LogP) is -10.8. The van der Waals surface area contributed by atoms with E-state index in [0.29, 0.717) is 0 Å². The summed E-state index contributed by atoms with van der Waals surface area (Å²) < 4.78 is 0. The quantitative estimate of drug-likeness (QED) is 0.278. The Morgan fingerprint density at radius 2 is 0.800 bits per heavy atom. The summed E-state index contributed by atoms with van der Waals surface area (Å²) in [7, 11) is 0. The van der Waals surface area contributed by atoms with Crippen LogP contribution in [0.25, 0.3) is 0 Å². The van der Waals surface area contributed by atoms with Gasteiger partial charge in [-0.1, -0.05) is 0 Å². The fourth-order valence-electron chi connectivity index (χ4n) is 0. The maximum atomic E-state index is 2.58. The van der Waals surface area contributed by atoms with Crippen molar-refractivity contribution in [2.24, 2.45) is 0 Å². The van der Waals surface area contributed by atoms with Crippen molar-refractivity contribution in [3.8, 4) is 0 Å². The fourth-order valence-corrected chi connectivity index (χ4v) is 0. The molecule has 0 atom stereocenters. The normalized spacial score (nSPS) is 3.80. The summed E-state index contributed by atoms with van der Waals surface area (Å²) >= 11 is 5.16. The van der Waals surface area contributed by atoms with Crippen LogP contribution >= 0.6 is 0 Å². The summed E-state index contributed by atoms with van der Waals surface area (Å²) in [5, 5.41) is 2.33. The van der Waals surface area contributed by atoms with Gasteiger partial charge in [0.1, 0.15) is 0 Å². The maximum Gasteiger partial charge on any atom is -1.00 e. The van der Waals surface area contributed by atoms with Crippen LogP contribution < -0.4 is 57.4 Å². The van der Waals surface area contributed by atoms with Crippen molar-refractivity contribution in [2.75, 3.05) is 0 Å². The second kappa shape index (κ2) is 63.9. The van der Waals surface area contributed by atoms with E-state index in [-0.39, 0.29) is 57.4 Å². The topological polar surface area (TPSA) is 0 Å². The van der Waals surface area contributed by atoms with Crippen LogP contribution in [0.4, 0.5) is 0 Å². The molecule has 0 amide bonds. The van der Waals surface area contributed by atoms with E-state index in [1.807, 2.05) is 0 Å². The van der Waals surface area contributed by atoms with Crippen molar-refractivity contribution in [1.29, 1.82) is 0 Å². The Hall–Kier alpha value is 2.38. The first-order valence-corrected chi connectivity index (χ1v) is 3.86. The molecule has 0 nitrogen and oxygen atoms in total. The van der Waals surface area contributed by atoms with Crippen molar-refractivity contribution in [2.45, 2.75) is 24.4 Å². The minimum Gasteiger partial charge on any atom is -1.00 e. The van der Waals surface area contributed by atoms with Crippen LogP contribution in [0.5, 0.6) is 0 Å². The molecular formula is C4H10Al2F2I2. The SMILES string of the molecule is C[CH2][Al+2].C[CH2][Al+2].[F-].[F-].[I-].[I-]. The summed E-state index contributed by atoms with van der Waals surface area (Å²) in [6.45, 7) is 4.18. The molecule has 0 unspecified atom stereocenters. The molecule has 0 aliphatic carbocycles. The van der Waals surface area contributed by atoms with Crippen molar-refractivity contribution >= 4 is 32.6 Å². The molecule has 0 rings (SSSR count). The zero-order valence-corrected chi connectivity index (χ0v) is 12.7. The third kappa shape index (κ3) is 161. The molecule has 0 fully saturated rings. The van der Waals surface area contributed by atoms with Gasteiger partial charge in [0.15, 0.2) is 0 Å². The summed E-state index contributed by atoms with van der Waals surface area (Å²) in [6.07, 6.45) is 0. The molecule has 0 aliphatic heterocycles. The van der Waals surface area contributed by atoms with Crippen LogP contribution in [0.2, 0.25) is 10.6 Å². The number of hydrogen-bond acceptors (Lipinski definition) is 0.